The molecular formula is C13H17F3N2O2. The minimum atomic E-state index is -4.51. The molecule has 0 saturated carbocycles. The van der Waals surface area contributed by atoms with Crippen LogP contribution in [0.5, 0.6) is 5.75 Å². The first kappa shape index (κ1) is 16.1. The summed E-state index contributed by atoms with van der Waals surface area (Å²) in [5.74, 6) is -0.117. The topological polar surface area (TPSA) is 67.8 Å². The predicted molar refractivity (Wildman–Crippen MR) is 68.9 cm³/mol. The van der Waals surface area contributed by atoms with Gasteiger partial charge in [0.15, 0.2) is 5.84 Å². The number of rotatable bonds is 4. The summed E-state index contributed by atoms with van der Waals surface area (Å²) in [7, 11) is 0. The van der Waals surface area contributed by atoms with E-state index < -0.39 is 17.6 Å². The molecule has 1 aromatic carbocycles. The van der Waals surface area contributed by atoms with E-state index in [1.807, 2.05) is 13.8 Å². The van der Waals surface area contributed by atoms with Gasteiger partial charge in [-0.1, -0.05) is 19.0 Å². The number of hydrogen-bond acceptors (Lipinski definition) is 3. The number of benzene rings is 1. The Bertz CT molecular complexity index is 499. The Morgan fingerprint density at radius 3 is 2.35 bits per heavy atom. The van der Waals surface area contributed by atoms with Crippen molar-refractivity contribution in [1.29, 1.82) is 0 Å². The van der Waals surface area contributed by atoms with Crippen molar-refractivity contribution in [3.63, 3.8) is 0 Å². The molecule has 0 bridgehead atoms. The molecule has 0 spiro atoms. The maximum atomic E-state index is 12.7. The third-order valence-corrected chi connectivity index (χ3v) is 2.94. The van der Waals surface area contributed by atoms with Crippen LogP contribution in [0.4, 0.5) is 13.2 Å². The first-order valence-electron chi connectivity index (χ1n) is 6.02. The van der Waals surface area contributed by atoms with Gasteiger partial charge in [0.1, 0.15) is 5.75 Å². The monoisotopic (exact) mass is 290 g/mol. The van der Waals surface area contributed by atoms with Crippen LogP contribution in [-0.2, 0) is 6.18 Å². The van der Waals surface area contributed by atoms with Crippen LogP contribution in [0.2, 0.25) is 0 Å². The van der Waals surface area contributed by atoms with Gasteiger partial charge >= 0.3 is 6.18 Å². The van der Waals surface area contributed by atoms with Gasteiger partial charge in [-0.25, -0.2) is 0 Å². The van der Waals surface area contributed by atoms with Gasteiger partial charge in [0, 0.05) is 0 Å². The molecule has 4 nitrogen and oxygen atoms in total. The Hall–Kier alpha value is -1.92. The number of nitrogens with zero attached hydrogens (tertiary/aromatic N) is 1. The minimum Gasteiger partial charge on any atom is -0.490 e. The lowest BCUT2D eigenvalue weighted by Gasteiger charge is -2.20. The lowest BCUT2D eigenvalue weighted by atomic mass is 10.1. The maximum absolute atomic E-state index is 12.7. The number of amidine groups is 1. The number of alkyl halides is 3. The summed E-state index contributed by atoms with van der Waals surface area (Å²) >= 11 is 0. The minimum absolute atomic E-state index is 0.0881. The van der Waals surface area contributed by atoms with E-state index in [0.29, 0.717) is 0 Å². The van der Waals surface area contributed by atoms with Crippen LogP contribution in [0.15, 0.2) is 23.4 Å². The third kappa shape index (κ3) is 3.79. The van der Waals surface area contributed by atoms with Crippen molar-refractivity contribution in [2.24, 2.45) is 16.8 Å². The van der Waals surface area contributed by atoms with E-state index in [1.54, 1.807) is 6.92 Å². The van der Waals surface area contributed by atoms with Gasteiger partial charge < -0.3 is 15.7 Å². The van der Waals surface area contributed by atoms with Crippen molar-refractivity contribution in [1.82, 2.24) is 0 Å². The van der Waals surface area contributed by atoms with Gasteiger partial charge in [-0.15, -0.1) is 0 Å². The summed E-state index contributed by atoms with van der Waals surface area (Å²) in [4.78, 5) is 0. The zero-order valence-corrected chi connectivity index (χ0v) is 11.4. The average Bonchev–Trinajstić information content (AvgIpc) is 2.36. The smallest absolute Gasteiger partial charge is 0.416 e. The molecule has 0 aliphatic rings. The molecule has 112 valence electrons. The first-order valence-corrected chi connectivity index (χ1v) is 6.02. The van der Waals surface area contributed by atoms with Crippen molar-refractivity contribution < 1.29 is 23.1 Å². The molecular weight excluding hydrogens is 273 g/mol. The van der Waals surface area contributed by atoms with Crippen LogP contribution >= 0.6 is 0 Å². The van der Waals surface area contributed by atoms with E-state index in [1.165, 1.54) is 6.07 Å². The van der Waals surface area contributed by atoms with E-state index in [0.717, 1.165) is 12.1 Å². The van der Waals surface area contributed by atoms with Gasteiger partial charge in [0.25, 0.3) is 0 Å². The molecule has 0 aliphatic carbocycles. The van der Waals surface area contributed by atoms with Crippen LogP contribution in [0.1, 0.15) is 31.9 Å². The quantitative estimate of drug-likeness (QED) is 0.387. The van der Waals surface area contributed by atoms with Crippen molar-refractivity contribution in [2.75, 3.05) is 0 Å². The van der Waals surface area contributed by atoms with Crippen molar-refractivity contribution >= 4 is 5.84 Å². The Balaban J connectivity index is 3.24. The second-order valence-corrected chi connectivity index (χ2v) is 4.76. The highest BCUT2D eigenvalue weighted by Gasteiger charge is 2.31. The largest absolute Gasteiger partial charge is 0.490 e. The molecule has 0 aliphatic heterocycles. The summed E-state index contributed by atoms with van der Waals surface area (Å²) in [6, 6.07) is 2.88. The molecule has 0 amide bonds. The summed E-state index contributed by atoms with van der Waals surface area (Å²) in [5, 5.41) is 11.4. The van der Waals surface area contributed by atoms with Crippen LogP contribution in [0.3, 0.4) is 0 Å². The van der Waals surface area contributed by atoms with Crippen LogP contribution in [0, 0.1) is 5.92 Å². The molecule has 0 aromatic heterocycles. The second kappa shape index (κ2) is 6.02. The van der Waals surface area contributed by atoms with E-state index in [-0.39, 0.29) is 23.3 Å². The van der Waals surface area contributed by atoms with Crippen molar-refractivity contribution in [3.05, 3.63) is 29.3 Å². The van der Waals surface area contributed by atoms with Crippen LogP contribution < -0.4 is 10.5 Å². The Morgan fingerprint density at radius 1 is 1.30 bits per heavy atom. The molecule has 1 unspecified atom stereocenters. The summed E-state index contributed by atoms with van der Waals surface area (Å²) in [6.07, 6.45) is -4.73. The van der Waals surface area contributed by atoms with Crippen molar-refractivity contribution in [2.45, 2.75) is 33.1 Å². The van der Waals surface area contributed by atoms with E-state index in [9.17, 15) is 13.2 Å². The molecule has 20 heavy (non-hydrogen) atoms. The van der Waals surface area contributed by atoms with Gasteiger partial charge in [-0.2, -0.15) is 13.2 Å². The van der Waals surface area contributed by atoms with E-state index >= 15 is 0 Å². The number of hydrogen-bond donors (Lipinski definition) is 2. The summed E-state index contributed by atoms with van der Waals surface area (Å²) in [5.41, 5.74) is 4.44. The molecule has 0 saturated heterocycles. The Kier molecular flexibility index (Phi) is 4.86. The SMILES string of the molecule is CC(C)C(C)Oc1ccc(C(F)(F)F)cc1/C(N)=N/O. The highest BCUT2D eigenvalue weighted by Crippen LogP contribution is 2.33. The highest BCUT2D eigenvalue weighted by molar-refractivity contribution is 5.99. The van der Waals surface area contributed by atoms with Gasteiger partial charge in [-0.3, -0.25) is 0 Å². The Labute approximate surface area is 115 Å². The Morgan fingerprint density at radius 2 is 1.90 bits per heavy atom. The van der Waals surface area contributed by atoms with E-state index in [2.05, 4.69) is 5.16 Å². The maximum Gasteiger partial charge on any atom is 0.416 e. The molecule has 3 N–H and O–H groups in total. The standard InChI is InChI=1S/C13H17F3N2O2/c1-7(2)8(3)20-11-5-4-9(13(14,15)16)6-10(11)12(17)18-19/h4-8,19H,1-3H3,(H2,17,18). The molecule has 1 atom stereocenters. The zero-order valence-electron chi connectivity index (χ0n) is 11.4. The number of oxime groups is 1. The molecule has 0 heterocycles. The molecule has 0 radical (unpaired) electrons. The first-order chi connectivity index (χ1) is 9.16. The lowest BCUT2D eigenvalue weighted by molar-refractivity contribution is -0.137. The molecule has 1 aromatic rings. The molecule has 0 fully saturated rings. The fourth-order valence-corrected chi connectivity index (χ4v) is 1.40. The fourth-order valence-electron chi connectivity index (χ4n) is 1.40. The molecule has 1 rings (SSSR count). The normalized spacial score (nSPS) is 14.4. The fraction of sp³-hybridized carbons (Fsp3) is 0.462. The zero-order chi connectivity index (χ0) is 15.5. The average molecular weight is 290 g/mol. The van der Waals surface area contributed by atoms with Crippen LogP contribution in [-0.4, -0.2) is 17.1 Å². The summed E-state index contributed by atoms with van der Waals surface area (Å²) < 4.78 is 43.6. The second-order valence-electron chi connectivity index (χ2n) is 4.76. The van der Waals surface area contributed by atoms with Crippen LogP contribution in [0.25, 0.3) is 0 Å². The van der Waals surface area contributed by atoms with Gasteiger partial charge in [0.2, 0.25) is 0 Å². The van der Waals surface area contributed by atoms with Gasteiger partial charge in [0.05, 0.1) is 17.2 Å². The number of nitrogens with two attached hydrogens (primary N) is 1. The summed E-state index contributed by atoms with van der Waals surface area (Å²) in [6.45, 7) is 5.62. The predicted octanol–water partition coefficient (Wildman–Crippen LogP) is 3.22. The number of halogens is 3. The number of ether oxygens (including phenoxy) is 1. The van der Waals surface area contributed by atoms with Gasteiger partial charge in [-0.05, 0) is 31.0 Å². The third-order valence-electron chi connectivity index (χ3n) is 2.94. The van der Waals surface area contributed by atoms with Crippen molar-refractivity contribution in [3.8, 4) is 5.75 Å². The highest BCUT2D eigenvalue weighted by atomic mass is 19.4. The lowest BCUT2D eigenvalue weighted by Crippen LogP contribution is -2.22. The molecule has 7 heteroatoms. The van der Waals surface area contributed by atoms with E-state index in [4.69, 9.17) is 15.7 Å².